The van der Waals surface area contributed by atoms with Crippen molar-refractivity contribution in [2.75, 3.05) is 4.90 Å². The van der Waals surface area contributed by atoms with Crippen LogP contribution in [0.25, 0.3) is 0 Å². The van der Waals surface area contributed by atoms with E-state index in [2.05, 4.69) is 5.10 Å². The van der Waals surface area contributed by atoms with Crippen LogP contribution in [0.5, 0.6) is 0 Å². The monoisotopic (exact) mass is 309 g/mol. The quantitative estimate of drug-likeness (QED) is 0.855. The lowest BCUT2D eigenvalue weighted by Crippen LogP contribution is -2.38. The highest BCUT2D eigenvalue weighted by Gasteiger charge is 2.34. The molecule has 0 radical (unpaired) electrons. The molecule has 1 aromatic heterocycles. The lowest BCUT2D eigenvalue weighted by Gasteiger charge is -2.22. The highest BCUT2D eigenvalue weighted by Crippen LogP contribution is 2.32. The normalized spacial score (nSPS) is 17.6. The predicted molar refractivity (Wildman–Crippen MR) is 74.3 cm³/mol. The zero-order valence-corrected chi connectivity index (χ0v) is 11.8. The number of amides is 1. The molecule has 1 amide bonds. The smallest absolute Gasteiger partial charge is 0.307 e. The number of carbonyl (C=O) groups is 1. The summed E-state index contributed by atoms with van der Waals surface area (Å²) >= 11 is 0. The van der Waals surface area contributed by atoms with Gasteiger partial charge in [0.25, 0.3) is 0 Å². The van der Waals surface area contributed by atoms with Gasteiger partial charge in [-0.1, -0.05) is 18.2 Å². The molecule has 22 heavy (non-hydrogen) atoms. The largest absolute Gasteiger partial charge is 0.435 e. The van der Waals surface area contributed by atoms with Gasteiger partial charge < -0.3 is 4.90 Å². The van der Waals surface area contributed by atoms with Crippen LogP contribution in [0.4, 0.5) is 18.9 Å². The van der Waals surface area contributed by atoms with Crippen LogP contribution < -0.4 is 4.90 Å². The summed E-state index contributed by atoms with van der Waals surface area (Å²) in [6.45, 7) is 1.71. The zero-order chi connectivity index (χ0) is 15.9. The first-order valence-corrected chi connectivity index (χ1v) is 6.87. The Morgan fingerprint density at radius 3 is 2.73 bits per heavy atom. The molecule has 0 N–H and O–H groups in total. The molecule has 0 saturated heterocycles. The van der Waals surface area contributed by atoms with Gasteiger partial charge in [-0.15, -0.1) is 0 Å². The maximum atomic E-state index is 12.5. The zero-order valence-electron chi connectivity index (χ0n) is 11.8. The number of alkyl halides is 3. The molecule has 0 spiro atoms. The third kappa shape index (κ3) is 2.58. The molecule has 0 saturated carbocycles. The van der Waals surface area contributed by atoms with Crippen molar-refractivity contribution >= 4 is 11.6 Å². The van der Waals surface area contributed by atoms with Crippen molar-refractivity contribution < 1.29 is 18.0 Å². The summed E-state index contributed by atoms with van der Waals surface area (Å²) in [4.78, 5) is 14.1. The maximum Gasteiger partial charge on any atom is 0.435 e. The number of para-hydroxylation sites is 1. The molecule has 4 nitrogen and oxygen atoms in total. The number of carbonyl (C=O) groups excluding carboxylic acids is 1. The average molecular weight is 309 g/mol. The summed E-state index contributed by atoms with van der Waals surface area (Å²) < 4.78 is 38.6. The van der Waals surface area contributed by atoms with Gasteiger partial charge in [-0.3, -0.25) is 9.48 Å². The van der Waals surface area contributed by atoms with Gasteiger partial charge in [0.1, 0.15) is 6.54 Å². The van der Waals surface area contributed by atoms with Crippen LogP contribution in [0.15, 0.2) is 36.5 Å². The summed E-state index contributed by atoms with van der Waals surface area (Å²) in [6.07, 6.45) is -2.58. The summed E-state index contributed by atoms with van der Waals surface area (Å²) in [6, 6.07) is 8.40. The molecule has 1 atom stereocenters. The average Bonchev–Trinajstić information content (AvgIpc) is 3.01. The summed E-state index contributed by atoms with van der Waals surface area (Å²) in [7, 11) is 0. The first-order chi connectivity index (χ1) is 10.4. The standard InChI is InChI=1S/C15H14F3N3O/c1-10-8-11-4-2-3-5-12(11)21(10)14(22)9-20-7-6-13(19-20)15(16,17)18/h2-7,10H,8-9H2,1H3. The number of aromatic nitrogens is 2. The minimum absolute atomic E-state index is 0.0115. The lowest BCUT2D eigenvalue weighted by atomic mass is 10.1. The van der Waals surface area contributed by atoms with Crippen LogP contribution in [0.2, 0.25) is 0 Å². The molecule has 2 aromatic rings. The van der Waals surface area contributed by atoms with Crippen LogP contribution >= 0.6 is 0 Å². The fourth-order valence-electron chi connectivity index (χ4n) is 2.76. The number of fused-ring (bicyclic) bond motifs is 1. The number of nitrogens with zero attached hydrogens (tertiary/aromatic N) is 3. The number of halogens is 3. The summed E-state index contributed by atoms with van der Waals surface area (Å²) in [5.74, 6) is -0.269. The number of anilines is 1. The van der Waals surface area contributed by atoms with Crippen molar-refractivity contribution in [1.82, 2.24) is 9.78 Å². The molecule has 1 unspecified atom stereocenters. The molecule has 0 aliphatic carbocycles. The molecule has 1 aliphatic rings. The Balaban J connectivity index is 1.79. The molecule has 7 heteroatoms. The molecule has 3 rings (SSSR count). The van der Waals surface area contributed by atoms with Gasteiger partial charge in [0.15, 0.2) is 5.69 Å². The molecule has 0 bridgehead atoms. The second-order valence-corrected chi connectivity index (χ2v) is 5.34. The fraction of sp³-hybridized carbons (Fsp3) is 0.333. The summed E-state index contributed by atoms with van der Waals surface area (Å²) in [5.41, 5.74) is 0.901. The van der Waals surface area contributed by atoms with E-state index >= 15 is 0 Å². The molecular formula is C15H14F3N3O. The predicted octanol–water partition coefficient (Wildman–Crippen LogP) is 2.88. The second-order valence-electron chi connectivity index (χ2n) is 5.34. The Bertz CT molecular complexity index is 708. The van der Waals surface area contributed by atoms with Crippen molar-refractivity contribution in [2.24, 2.45) is 0 Å². The van der Waals surface area contributed by atoms with E-state index in [0.29, 0.717) is 0 Å². The molecule has 1 aromatic carbocycles. The highest BCUT2D eigenvalue weighted by molar-refractivity contribution is 5.96. The van der Waals surface area contributed by atoms with Gasteiger partial charge in [0.2, 0.25) is 5.91 Å². The van der Waals surface area contributed by atoms with Gasteiger partial charge in [-0.2, -0.15) is 18.3 Å². The van der Waals surface area contributed by atoms with Crippen molar-refractivity contribution in [1.29, 1.82) is 0 Å². The number of benzene rings is 1. The molecule has 2 heterocycles. The highest BCUT2D eigenvalue weighted by atomic mass is 19.4. The molecule has 116 valence electrons. The fourth-order valence-corrected chi connectivity index (χ4v) is 2.76. The van der Waals surface area contributed by atoms with Crippen LogP contribution in [0.1, 0.15) is 18.2 Å². The number of hydrogen-bond donors (Lipinski definition) is 0. The minimum Gasteiger partial charge on any atom is -0.307 e. The first kappa shape index (κ1) is 14.6. The van der Waals surface area contributed by atoms with E-state index in [1.54, 1.807) is 4.90 Å². The van der Waals surface area contributed by atoms with Crippen molar-refractivity contribution in [2.45, 2.75) is 32.1 Å². The Hall–Kier alpha value is -2.31. The number of rotatable bonds is 2. The van der Waals surface area contributed by atoms with Crippen LogP contribution in [0.3, 0.4) is 0 Å². The lowest BCUT2D eigenvalue weighted by molar-refractivity contribution is -0.141. The molecular weight excluding hydrogens is 295 g/mol. The third-order valence-corrected chi connectivity index (χ3v) is 3.70. The SMILES string of the molecule is CC1Cc2ccccc2N1C(=O)Cn1ccc(C(F)(F)F)n1. The van der Waals surface area contributed by atoms with Crippen molar-refractivity contribution in [3.05, 3.63) is 47.8 Å². The van der Waals surface area contributed by atoms with Crippen LogP contribution in [-0.2, 0) is 23.9 Å². The first-order valence-electron chi connectivity index (χ1n) is 6.87. The van der Waals surface area contributed by atoms with Gasteiger partial charge >= 0.3 is 6.18 Å². The van der Waals surface area contributed by atoms with Gasteiger partial charge in [0.05, 0.1) is 0 Å². The third-order valence-electron chi connectivity index (χ3n) is 3.70. The van der Waals surface area contributed by atoms with Crippen LogP contribution in [0, 0.1) is 0 Å². The molecule has 1 aliphatic heterocycles. The van der Waals surface area contributed by atoms with Crippen molar-refractivity contribution in [3.63, 3.8) is 0 Å². The van der Waals surface area contributed by atoms with Gasteiger partial charge in [-0.05, 0) is 31.0 Å². The van der Waals surface area contributed by atoms with E-state index in [-0.39, 0.29) is 18.5 Å². The van der Waals surface area contributed by atoms with Crippen LogP contribution in [-0.4, -0.2) is 21.7 Å². The minimum atomic E-state index is -4.50. The van der Waals surface area contributed by atoms with Gasteiger partial charge in [-0.25, -0.2) is 0 Å². The Kier molecular flexibility index (Phi) is 3.42. The van der Waals surface area contributed by atoms with E-state index in [0.717, 1.165) is 28.4 Å². The second kappa shape index (κ2) is 5.15. The van der Waals surface area contributed by atoms with Crippen molar-refractivity contribution in [3.8, 4) is 0 Å². The van der Waals surface area contributed by atoms with E-state index in [1.165, 1.54) is 6.20 Å². The van der Waals surface area contributed by atoms with Gasteiger partial charge in [0, 0.05) is 17.9 Å². The van der Waals surface area contributed by atoms with E-state index in [1.807, 2.05) is 31.2 Å². The van der Waals surface area contributed by atoms with E-state index in [9.17, 15) is 18.0 Å². The summed E-state index contributed by atoms with van der Waals surface area (Å²) in [5, 5.41) is 3.42. The molecule has 0 fully saturated rings. The topological polar surface area (TPSA) is 38.1 Å². The number of hydrogen-bond acceptors (Lipinski definition) is 2. The Morgan fingerprint density at radius 1 is 1.32 bits per heavy atom. The Labute approximate surface area is 125 Å². The van der Waals surface area contributed by atoms with E-state index < -0.39 is 11.9 Å². The van der Waals surface area contributed by atoms with E-state index in [4.69, 9.17) is 0 Å². The Morgan fingerprint density at radius 2 is 2.05 bits per heavy atom. The maximum absolute atomic E-state index is 12.5.